The van der Waals surface area contributed by atoms with Crippen molar-refractivity contribution in [1.82, 2.24) is 5.32 Å². The maximum Gasteiger partial charge on any atom is 0.344 e. The van der Waals surface area contributed by atoms with Gasteiger partial charge in [0.25, 0.3) is 5.91 Å². The number of hydrogen-bond acceptors (Lipinski definition) is 5. The minimum absolute atomic E-state index is 0.231. The Labute approximate surface area is 219 Å². The molecule has 1 N–H and O–H groups in total. The summed E-state index contributed by atoms with van der Waals surface area (Å²) in [6.07, 6.45) is 1.76. The smallest absolute Gasteiger partial charge is 0.344 e. The van der Waals surface area contributed by atoms with E-state index in [-0.39, 0.29) is 5.91 Å². The Kier molecular flexibility index (Phi) is 6.72. The third-order valence-electron chi connectivity index (χ3n) is 5.17. The second kappa shape index (κ2) is 10.1. The third-order valence-corrected chi connectivity index (χ3v) is 6.96. The fourth-order valence-electron chi connectivity index (χ4n) is 3.51. The molecule has 0 saturated carbocycles. The number of halogens is 2. The first-order valence-corrected chi connectivity index (χ1v) is 12.5. The van der Waals surface area contributed by atoms with Crippen LogP contribution in [0.5, 0.6) is 5.75 Å². The van der Waals surface area contributed by atoms with Gasteiger partial charge in [0.15, 0.2) is 5.17 Å². The first-order chi connectivity index (χ1) is 17.0. The van der Waals surface area contributed by atoms with Crippen LogP contribution >= 0.6 is 39.3 Å². The normalized spacial score (nSPS) is 15.5. The van der Waals surface area contributed by atoms with Crippen LogP contribution in [0, 0.1) is 0 Å². The lowest BCUT2D eigenvalue weighted by molar-refractivity contribution is -0.115. The third kappa shape index (κ3) is 5.32. The number of thioether (sulfide) groups is 1. The lowest BCUT2D eigenvalue weighted by atomic mass is 10.0. The second-order valence-electron chi connectivity index (χ2n) is 7.56. The van der Waals surface area contributed by atoms with Gasteiger partial charge in [-0.2, -0.15) is 0 Å². The van der Waals surface area contributed by atoms with Crippen molar-refractivity contribution in [2.45, 2.75) is 0 Å². The van der Waals surface area contributed by atoms with E-state index in [0.29, 0.717) is 36.6 Å². The summed E-state index contributed by atoms with van der Waals surface area (Å²) < 4.78 is 6.25. The van der Waals surface area contributed by atoms with E-state index in [9.17, 15) is 9.59 Å². The average molecular weight is 564 g/mol. The molecule has 1 saturated heterocycles. The van der Waals surface area contributed by atoms with Gasteiger partial charge in [0.05, 0.1) is 20.6 Å². The van der Waals surface area contributed by atoms with E-state index in [1.165, 1.54) is 11.8 Å². The number of amides is 1. The zero-order chi connectivity index (χ0) is 24.4. The number of benzene rings is 4. The van der Waals surface area contributed by atoms with Gasteiger partial charge >= 0.3 is 5.97 Å². The highest BCUT2D eigenvalue weighted by Gasteiger charge is 2.24. The molecular weight excluding hydrogens is 548 g/mol. The van der Waals surface area contributed by atoms with Crippen LogP contribution in [0.3, 0.4) is 0 Å². The molecule has 0 aliphatic carbocycles. The molecule has 0 aromatic heterocycles. The molecule has 5 nitrogen and oxygen atoms in total. The first-order valence-electron chi connectivity index (χ1n) is 10.5. The van der Waals surface area contributed by atoms with Gasteiger partial charge in [0.2, 0.25) is 0 Å². The number of ether oxygens (including phenoxy) is 1. The van der Waals surface area contributed by atoms with E-state index in [2.05, 4.69) is 26.2 Å². The van der Waals surface area contributed by atoms with Gasteiger partial charge in [-0.15, -0.1) is 0 Å². The van der Waals surface area contributed by atoms with E-state index >= 15 is 0 Å². The van der Waals surface area contributed by atoms with Crippen molar-refractivity contribution < 1.29 is 14.3 Å². The summed E-state index contributed by atoms with van der Waals surface area (Å²) in [6.45, 7) is 0. The number of nitrogens with zero attached hydrogens (tertiary/aromatic N) is 1. The number of fused-ring (bicyclic) bond motifs is 1. The molecule has 0 unspecified atom stereocenters. The SMILES string of the molecule is O=C1NC(=Nc2ccc(Cl)cc2)S/C1=C\c1ccc(OC(=O)c2cccc3ccccc23)c(Br)c1. The van der Waals surface area contributed by atoms with Crippen LogP contribution in [0.4, 0.5) is 5.69 Å². The number of amidine groups is 1. The number of hydrogen-bond donors (Lipinski definition) is 1. The van der Waals surface area contributed by atoms with Crippen molar-refractivity contribution in [2.24, 2.45) is 4.99 Å². The first kappa shape index (κ1) is 23.4. The van der Waals surface area contributed by atoms with E-state index < -0.39 is 5.97 Å². The standard InChI is InChI=1S/C27H16BrClN2O3S/c28-22-14-16(15-24-25(32)31-27(35-24)30-19-11-9-18(29)10-12-19)8-13-23(22)34-26(33)21-7-3-5-17-4-1-2-6-20(17)21/h1-15H,(H,30,31,32)/b24-15-. The zero-order valence-electron chi connectivity index (χ0n) is 18.0. The Morgan fingerprint density at radius 2 is 1.77 bits per heavy atom. The van der Waals surface area contributed by atoms with Gasteiger partial charge < -0.3 is 10.1 Å². The van der Waals surface area contributed by atoms with Crippen LogP contribution < -0.4 is 10.1 Å². The molecule has 4 aromatic carbocycles. The van der Waals surface area contributed by atoms with Crippen LogP contribution in [0.2, 0.25) is 5.02 Å². The molecule has 1 fully saturated rings. The highest BCUT2D eigenvalue weighted by Crippen LogP contribution is 2.32. The molecule has 1 heterocycles. The largest absolute Gasteiger partial charge is 0.422 e. The van der Waals surface area contributed by atoms with Gasteiger partial charge in [0, 0.05) is 5.02 Å². The lowest BCUT2D eigenvalue weighted by Gasteiger charge is -2.09. The summed E-state index contributed by atoms with van der Waals surface area (Å²) in [7, 11) is 0. The molecule has 0 radical (unpaired) electrons. The molecule has 1 aliphatic rings. The number of carbonyl (C=O) groups excluding carboxylic acids is 2. The summed E-state index contributed by atoms with van der Waals surface area (Å²) in [6, 6.07) is 25.5. The maximum atomic E-state index is 12.9. The quantitative estimate of drug-likeness (QED) is 0.160. The summed E-state index contributed by atoms with van der Waals surface area (Å²) in [5, 5.41) is 5.67. The number of nitrogens with one attached hydrogen (secondary N) is 1. The van der Waals surface area contributed by atoms with E-state index in [4.69, 9.17) is 16.3 Å². The van der Waals surface area contributed by atoms with Crippen molar-refractivity contribution in [3.8, 4) is 5.75 Å². The van der Waals surface area contributed by atoms with Crippen molar-refractivity contribution in [1.29, 1.82) is 0 Å². The maximum absolute atomic E-state index is 12.9. The molecule has 0 bridgehead atoms. The number of rotatable bonds is 4. The Morgan fingerprint density at radius 1 is 1.00 bits per heavy atom. The molecule has 0 spiro atoms. The van der Waals surface area contributed by atoms with E-state index in [0.717, 1.165) is 16.3 Å². The Hall–Kier alpha value is -3.39. The topological polar surface area (TPSA) is 67.8 Å². The Morgan fingerprint density at radius 3 is 2.57 bits per heavy atom. The van der Waals surface area contributed by atoms with Crippen LogP contribution in [-0.2, 0) is 4.79 Å². The summed E-state index contributed by atoms with van der Waals surface area (Å²) in [5.74, 6) is -0.286. The molecule has 1 aliphatic heterocycles. The van der Waals surface area contributed by atoms with Crippen molar-refractivity contribution in [3.63, 3.8) is 0 Å². The molecule has 172 valence electrons. The highest BCUT2D eigenvalue weighted by molar-refractivity contribution is 9.10. The molecule has 0 atom stereocenters. The van der Waals surface area contributed by atoms with Gasteiger partial charge in [-0.1, -0.05) is 54.1 Å². The minimum atomic E-state index is -0.442. The lowest BCUT2D eigenvalue weighted by Crippen LogP contribution is -2.19. The summed E-state index contributed by atoms with van der Waals surface area (Å²) in [4.78, 5) is 30.2. The predicted molar refractivity (Wildman–Crippen MR) is 145 cm³/mol. The van der Waals surface area contributed by atoms with Gasteiger partial charge in [-0.3, -0.25) is 4.79 Å². The molecular formula is C27H16BrClN2O3S. The van der Waals surface area contributed by atoms with Gasteiger partial charge in [0.1, 0.15) is 5.75 Å². The fourth-order valence-corrected chi connectivity index (χ4v) is 4.96. The monoisotopic (exact) mass is 562 g/mol. The second-order valence-corrected chi connectivity index (χ2v) is 9.89. The zero-order valence-corrected chi connectivity index (χ0v) is 21.2. The average Bonchev–Trinajstić information content (AvgIpc) is 3.20. The molecule has 8 heteroatoms. The summed E-state index contributed by atoms with van der Waals surface area (Å²) >= 11 is 10.6. The van der Waals surface area contributed by atoms with Crippen molar-refractivity contribution in [2.75, 3.05) is 0 Å². The fraction of sp³-hybridized carbons (Fsp3) is 0. The van der Waals surface area contributed by atoms with Crippen molar-refractivity contribution >= 4 is 78.9 Å². The van der Waals surface area contributed by atoms with E-state index in [1.54, 1.807) is 54.6 Å². The van der Waals surface area contributed by atoms with E-state index in [1.807, 2.05) is 36.4 Å². The molecule has 5 rings (SSSR count). The van der Waals surface area contributed by atoms with Crippen LogP contribution in [0.25, 0.3) is 16.8 Å². The van der Waals surface area contributed by atoms with Crippen molar-refractivity contribution in [3.05, 3.63) is 110 Å². The number of aliphatic imine (C=N–C) groups is 1. The number of esters is 1. The Balaban J connectivity index is 1.33. The predicted octanol–water partition coefficient (Wildman–Crippen LogP) is 7.37. The number of carbonyl (C=O) groups is 2. The van der Waals surface area contributed by atoms with Gasteiger partial charge in [-0.05, 0) is 92.6 Å². The Bertz CT molecular complexity index is 1530. The van der Waals surface area contributed by atoms with Crippen LogP contribution in [0.15, 0.2) is 99.3 Å². The molecule has 4 aromatic rings. The molecule has 35 heavy (non-hydrogen) atoms. The van der Waals surface area contributed by atoms with Crippen LogP contribution in [0.1, 0.15) is 15.9 Å². The highest BCUT2D eigenvalue weighted by atomic mass is 79.9. The molecule has 1 amide bonds. The van der Waals surface area contributed by atoms with Crippen LogP contribution in [-0.4, -0.2) is 17.0 Å². The summed E-state index contributed by atoms with van der Waals surface area (Å²) in [5.41, 5.74) is 1.96. The van der Waals surface area contributed by atoms with Gasteiger partial charge in [-0.25, -0.2) is 9.79 Å². The minimum Gasteiger partial charge on any atom is -0.422 e.